The number of halogens is 1. The van der Waals surface area contributed by atoms with E-state index in [-0.39, 0.29) is 18.9 Å². The first-order chi connectivity index (χ1) is 8.84. The Kier molecular flexibility index (Phi) is 3.36. The van der Waals surface area contributed by atoms with Crippen LogP contribution in [0.1, 0.15) is 30.9 Å². The number of hydrogen-bond donors (Lipinski definition) is 2. The summed E-state index contributed by atoms with van der Waals surface area (Å²) in [5.74, 6) is -1.22. The fraction of sp³-hybridized carbons (Fsp3) is 0.462. The fourth-order valence-electron chi connectivity index (χ4n) is 2.12. The second-order valence-corrected chi connectivity index (χ2v) is 4.89. The van der Waals surface area contributed by atoms with Crippen LogP contribution in [0.25, 0.3) is 0 Å². The van der Waals surface area contributed by atoms with Crippen molar-refractivity contribution in [3.05, 3.63) is 23.3 Å². The summed E-state index contributed by atoms with van der Waals surface area (Å²) >= 11 is 0. The maximum atomic E-state index is 14.3. The van der Waals surface area contributed by atoms with Crippen molar-refractivity contribution >= 4 is 5.97 Å². The molecule has 6 heteroatoms. The highest BCUT2D eigenvalue weighted by molar-refractivity contribution is 5.78. The minimum Gasteiger partial charge on any atom is -0.481 e. The van der Waals surface area contributed by atoms with Crippen LogP contribution in [0.2, 0.25) is 0 Å². The third-order valence-electron chi connectivity index (χ3n) is 3.09. The van der Waals surface area contributed by atoms with Crippen LogP contribution in [-0.2, 0) is 10.5 Å². The zero-order chi connectivity index (χ0) is 14.2. The van der Waals surface area contributed by atoms with Crippen LogP contribution in [-0.4, -0.2) is 24.4 Å². The monoisotopic (exact) mass is 269 g/mol. The number of carbonyl (C=O) groups is 1. The molecule has 0 amide bonds. The van der Waals surface area contributed by atoms with Gasteiger partial charge in [-0.2, -0.15) is 0 Å². The molecule has 19 heavy (non-hydrogen) atoms. The quantitative estimate of drug-likeness (QED) is 0.870. The maximum absolute atomic E-state index is 14.3. The van der Waals surface area contributed by atoms with E-state index >= 15 is 0 Å². The largest absolute Gasteiger partial charge is 0.481 e. The summed E-state index contributed by atoms with van der Waals surface area (Å²) in [7, 11) is 0. The average molecular weight is 269 g/mol. The number of hydrogen-bond acceptors (Lipinski definition) is 4. The number of carboxylic acid groups (broad SMARTS) is 1. The lowest BCUT2D eigenvalue weighted by molar-refractivity contribution is -0.138. The molecule has 3 N–H and O–H groups in total. The van der Waals surface area contributed by atoms with E-state index in [0.717, 1.165) is 0 Å². The molecule has 0 fully saturated rings. The van der Waals surface area contributed by atoms with Gasteiger partial charge in [-0.15, -0.1) is 0 Å². The molecule has 1 heterocycles. The summed E-state index contributed by atoms with van der Waals surface area (Å²) in [6.07, 6.45) is 0. The SMILES string of the molecule is CC(C)(F)c1cc2c(cc1C(CN)C(=O)O)OCO2. The van der Waals surface area contributed by atoms with Crippen LogP contribution in [0, 0.1) is 0 Å². The highest BCUT2D eigenvalue weighted by atomic mass is 19.1. The molecule has 1 aromatic rings. The van der Waals surface area contributed by atoms with Crippen molar-refractivity contribution in [3.63, 3.8) is 0 Å². The first kappa shape index (κ1) is 13.6. The summed E-state index contributed by atoms with van der Waals surface area (Å²) in [6, 6.07) is 2.99. The van der Waals surface area contributed by atoms with Crippen LogP contribution < -0.4 is 15.2 Å². The van der Waals surface area contributed by atoms with E-state index in [2.05, 4.69) is 0 Å². The lowest BCUT2D eigenvalue weighted by Crippen LogP contribution is -2.25. The molecule has 5 nitrogen and oxygen atoms in total. The van der Waals surface area contributed by atoms with Crippen molar-refractivity contribution in [1.29, 1.82) is 0 Å². The summed E-state index contributed by atoms with van der Waals surface area (Å²) in [5.41, 5.74) is 4.38. The van der Waals surface area contributed by atoms with E-state index in [4.69, 9.17) is 15.2 Å². The number of alkyl halides is 1. The number of aliphatic carboxylic acids is 1. The molecule has 0 saturated heterocycles. The summed E-state index contributed by atoms with van der Waals surface area (Å²) in [5, 5.41) is 9.19. The third-order valence-corrected chi connectivity index (χ3v) is 3.09. The fourth-order valence-corrected chi connectivity index (χ4v) is 2.12. The molecule has 1 aliphatic heterocycles. The summed E-state index contributed by atoms with van der Waals surface area (Å²) < 4.78 is 24.7. The number of carboxylic acids is 1. The van der Waals surface area contributed by atoms with Crippen molar-refractivity contribution in [2.24, 2.45) is 5.73 Å². The van der Waals surface area contributed by atoms with Gasteiger partial charge in [-0.1, -0.05) is 0 Å². The van der Waals surface area contributed by atoms with Crippen molar-refractivity contribution in [3.8, 4) is 11.5 Å². The maximum Gasteiger partial charge on any atom is 0.312 e. The minimum absolute atomic E-state index is 0.0469. The van der Waals surface area contributed by atoms with E-state index in [9.17, 15) is 14.3 Å². The van der Waals surface area contributed by atoms with Gasteiger partial charge < -0.3 is 20.3 Å². The Morgan fingerprint density at radius 1 is 1.47 bits per heavy atom. The molecule has 0 aliphatic carbocycles. The Hall–Kier alpha value is -1.82. The van der Waals surface area contributed by atoms with Gasteiger partial charge >= 0.3 is 5.97 Å². The normalized spacial score (nSPS) is 15.4. The van der Waals surface area contributed by atoms with Gasteiger partial charge in [-0.05, 0) is 37.1 Å². The molecular formula is C13H16FNO4. The Bertz CT molecular complexity index is 510. The molecule has 0 saturated carbocycles. The van der Waals surface area contributed by atoms with Gasteiger partial charge in [0, 0.05) is 6.54 Å². The van der Waals surface area contributed by atoms with Crippen molar-refractivity contribution in [1.82, 2.24) is 0 Å². The van der Waals surface area contributed by atoms with E-state index < -0.39 is 17.6 Å². The van der Waals surface area contributed by atoms with E-state index in [1.807, 2.05) is 0 Å². The second kappa shape index (κ2) is 4.70. The Morgan fingerprint density at radius 3 is 2.53 bits per heavy atom. The Labute approximate surface area is 110 Å². The van der Waals surface area contributed by atoms with Gasteiger partial charge in [-0.3, -0.25) is 4.79 Å². The van der Waals surface area contributed by atoms with Gasteiger partial charge in [0.1, 0.15) is 5.67 Å². The van der Waals surface area contributed by atoms with Gasteiger partial charge in [0.25, 0.3) is 0 Å². The molecular weight excluding hydrogens is 253 g/mol. The van der Waals surface area contributed by atoms with Crippen LogP contribution in [0.15, 0.2) is 12.1 Å². The average Bonchev–Trinajstić information content (AvgIpc) is 2.74. The van der Waals surface area contributed by atoms with E-state index in [1.165, 1.54) is 26.0 Å². The molecule has 0 aromatic heterocycles. The molecule has 1 atom stereocenters. The molecule has 1 aliphatic rings. The Balaban J connectivity index is 2.60. The highest BCUT2D eigenvalue weighted by Crippen LogP contribution is 2.41. The Morgan fingerprint density at radius 2 is 2.05 bits per heavy atom. The van der Waals surface area contributed by atoms with Crippen LogP contribution >= 0.6 is 0 Å². The zero-order valence-electron chi connectivity index (χ0n) is 10.8. The molecule has 0 spiro atoms. The van der Waals surface area contributed by atoms with Crippen LogP contribution in [0.4, 0.5) is 4.39 Å². The van der Waals surface area contributed by atoms with Gasteiger partial charge in [0.2, 0.25) is 6.79 Å². The van der Waals surface area contributed by atoms with Crippen molar-refractivity contribution in [2.75, 3.05) is 13.3 Å². The summed E-state index contributed by atoms with van der Waals surface area (Å²) in [6.45, 7) is 2.66. The van der Waals surface area contributed by atoms with Crippen LogP contribution in [0.5, 0.6) is 11.5 Å². The predicted octanol–water partition coefficient (Wildman–Crippen LogP) is 1.75. The number of nitrogens with two attached hydrogens (primary N) is 1. The molecule has 1 aromatic carbocycles. The summed E-state index contributed by atoms with van der Waals surface area (Å²) in [4.78, 5) is 11.2. The van der Waals surface area contributed by atoms with Crippen molar-refractivity contribution < 1.29 is 23.8 Å². The molecule has 0 radical (unpaired) electrons. The topological polar surface area (TPSA) is 81.8 Å². The lowest BCUT2D eigenvalue weighted by atomic mass is 9.87. The van der Waals surface area contributed by atoms with E-state index in [0.29, 0.717) is 17.1 Å². The number of fused-ring (bicyclic) bond motifs is 1. The number of ether oxygens (including phenoxy) is 2. The number of rotatable bonds is 4. The number of benzene rings is 1. The third kappa shape index (κ3) is 2.49. The van der Waals surface area contributed by atoms with Gasteiger partial charge in [0.05, 0.1) is 5.92 Å². The second-order valence-electron chi connectivity index (χ2n) is 4.89. The lowest BCUT2D eigenvalue weighted by Gasteiger charge is -2.22. The smallest absolute Gasteiger partial charge is 0.312 e. The molecule has 0 bridgehead atoms. The van der Waals surface area contributed by atoms with E-state index in [1.54, 1.807) is 0 Å². The predicted molar refractivity (Wildman–Crippen MR) is 66.1 cm³/mol. The van der Waals surface area contributed by atoms with Gasteiger partial charge in [0.15, 0.2) is 11.5 Å². The van der Waals surface area contributed by atoms with Crippen LogP contribution in [0.3, 0.4) is 0 Å². The molecule has 2 rings (SSSR count). The zero-order valence-corrected chi connectivity index (χ0v) is 10.8. The first-order valence-corrected chi connectivity index (χ1v) is 5.90. The highest BCUT2D eigenvalue weighted by Gasteiger charge is 2.32. The minimum atomic E-state index is -1.70. The standard InChI is InChI=1S/C13H16FNO4/c1-13(2,14)9-4-11-10(18-6-19-11)3-7(9)8(5-15)12(16)17/h3-4,8H,5-6,15H2,1-2H3,(H,16,17). The van der Waals surface area contributed by atoms with Gasteiger partial charge in [-0.25, -0.2) is 4.39 Å². The molecule has 104 valence electrons. The first-order valence-electron chi connectivity index (χ1n) is 5.90. The molecule has 1 unspecified atom stereocenters. The van der Waals surface area contributed by atoms with Crippen molar-refractivity contribution in [2.45, 2.75) is 25.4 Å².